The normalized spacial score (nSPS) is 10.5. The molecule has 0 saturated carbocycles. The molecule has 0 atom stereocenters. The van der Waals surface area contributed by atoms with Gasteiger partial charge in [-0.3, -0.25) is 4.98 Å². The number of aryl methyl sites for hydroxylation is 1. The summed E-state index contributed by atoms with van der Waals surface area (Å²) < 4.78 is 5.49. The van der Waals surface area contributed by atoms with Crippen molar-refractivity contribution < 1.29 is 4.74 Å². The van der Waals surface area contributed by atoms with Gasteiger partial charge in [0.1, 0.15) is 0 Å². The van der Waals surface area contributed by atoms with E-state index in [1.54, 1.807) is 0 Å². The van der Waals surface area contributed by atoms with Crippen molar-refractivity contribution >= 4 is 0 Å². The number of aromatic nitrogens is 1. The molecule has 15 heavy (non-hydrogen) atoms. The number of hydrogen-bond acceptors (Lipinski definition) is 3. The van der Waals surface area contributed by atoms with Crippen LogP contribution in [0, 0.1) is 0 Å². The second-order valence-electron chi connectivity index (χ2n) is 3.57. The van der Waals surface area contributed by atoms with Gasteiger partial charge in [0.05, 0.1) is 0 Å². The highest BCUT2D eigenvalue weighted by atomic mass is 16.5. The Morgan fingerprint density at radius 2 is 1.80 bits per heavy atom. The van der Waals surface area contributed by atoms with Crippen LogP contribution in [0.15, 0.2) is 24.5 Å². The lowest BCUT2D eigenvalue weighted by Gasteiger charge is -2.03. The number of nitrogens with two attached hydrogens (primary N) is 1. The van der Waals surface area contributed by atoms with Gasteiger partial charge in [-0.25, -0.2) is 0 Å². The van der Waals surface area contributed by atoms with Crippen LogP contribution >= 0.6 is 0 Å². The zero-order valence-corrected chi connectivity index (χ0v) is 9.19. The van der Waals surface area contributed by atoms with Crippen LogP contribution in [0.1, 0.15) is 24.8 Å². The Hall–Kier alpha value is -0.930. The van der Waals surface area contributed by atoms with Gasteiger partial charge >= 0.3 is 0 Å². The molecule has 84 valence electrons. The van der Waals surface area contributed by atoms with E-state index >= 15 is 0 Å². The SMILES string of the molecule is NCCCCOCCCc1ccncc1. The summed E-state index contributed by atoms with van der Waals surface area (Å²) in [5.74, 6) is 0. The standard InChI is InChI=1S/C12H20N2O/c13-7-1-2-10-15-11-3-4-12-5-8-14-9-6-12/h5-6,8-9H,1-4,7,10-11,13H2. The van der Waals surface area contributed by atoms with E-state index in [1.165, 1.54) is 5.56 Å². The second-order valence-corrected chi connectivity index (χ2v) is 3.57. The summed E-state index contributed by atoms with van der Waals surface area (Å²) in [5, 5.41) is 0. The van der Waals surface area contributed by atoms with E-state index in [0.29, 0.717) is 0 Å². The van der Waals surface area contributed by atoms with Crippen molar-refractivity contribution in [3.63, 3.8) is 0 Å². The fourth-order valence-electron chi connectivity index (χ4n) is 1.38. The summed E-state index contributed by atoms with van der Waals surface area (Å²) in [6.07, 6.45) is 7.94. The van der Waals surface area contributed by atoms with E-state index in [2.05, 4.69) is 17.1 Å². The lowest BCUT2D eigenvalue weighted by Crippen LogP contribution is -2.03. The first-order valence-electron chi connectivity index (χ1n) is 5.60. The molecule has 0 bridgehead atoms. The van der Waals surface area contributed by atoms with E-state index < -0.39 is 0 Å². The maximum Gasteiger partial charge on any atom is 0.0469 e. The zero-order chi connectivity index (χ0) is 10.8. The second kappa shape index (κ2) is 8.38. The number of nitrogens with zero attached hydrogens (tertiary/aromatic N) is 1. The van der Waals surface area contributed by atoms with Crippen molar-refractivity contribution in [2.75, 3.05) is 19.8 Å². The van der Waals surface area contributed by atoms with Crippen molar-refractivity contribution in [2.45, 2.75) is 25.7 Å². The Balaban J connectivity index is 1.93. The number of rotatable bonds is 8. The molecule has 0 unspecified atom stereocenters. The number of pyridine rings is 1. The molecule has 2 N–H and O–H groups in total. The largest absolute Gasteiger partial charge is 0.381 e. The quantitative estimate of drug-likeness (QED) is 0.662. The maximum absolute atomic E-state index is 5.49. The Morgan fingerprint density at radius 1 is 1.07 bits per heavy atom. The van der Waals surface area contributed by atoms with Gasteiger partial charge in [-0.1, -0.05) is 0 Å². The lowest BCUT2D eigenvalue weighted by molar-refractivity contribution is 0.128. The molecule has 1 aromatic rings. The third-order valence-electron chi connectivity index (χ3n) is 2.25. The highest BCUT2D eigenvalue weighted by Crippen LogP contribution is 2.01. The molecule has 0 spiro atoms. The highest BCUT2D eigenvalue weighted by Gasteiger charge is 1.92. The van der Waals surface area contributed by atoms with E-state index in [-0.39, 0.29) is 0 Å². The molecule has 0 aromatic carbocycles. The molecule has 1 heterocycles. The Kier molecular flexibility index (Phi) is 6.79. The van der Waals surface area contributed by atoms with E-state index in [9.17, 15) is 0 Å². The van der Waals surface area contributed by atoms with Gasteiger partial charge in [0, 0.05) is 25.6 Å². The summed E-state index contributed by atoms with van der Waals surface area (Å²) in [5.41, 5.74) is 6.71. The molecule has 0 aliphatic heterocycles. The van der Waals surface area contributed by atoms with Gasteiger partial charge in [-0.15, -0.1) is 0 Å². The summed E-state index contributed by atoms with van der Waals surface area (Å²) in [6, 6.07) is 4.10. The third kappa shape index (κ3) is 6.20. The fraction of sp³-hybridized carbons (Fsp3) is 0.583. The minimum atomic E-state index is 0.764. The smallest absolute Gasteiger partial charge is 0.0469 e. The van der Waals surface area contributed by atoms with Gasteiger partial charge < -0.3 is 10.5 Å². The van der Waals surface area contributed by atoms with E-state index in [0.717, 1.165) is 45.4 Å². The monoisotopic (exact) mass is 208 g/mol. The molecular formula is C12H20N2O. The van der Waals surface area contributed by atoms with Crippen LogP contribution < -0.4 is 5.73 Å². The maximum atomic E-state index is 5.49. The van der Waals surface area contributed by atoms with Gasteiger partial charge in [-0.05, 0) is 49.9 Å². The average molecular weight is 208 g/mol. The van der Waals surface area contributed by atoms with Crippen LogP contribution in [0.4, 0.5) is 0 Å². The number of unbranched alkanes of at least 4 members (excludes halogenated alkanes) is 1. The highest BCUT2D eigenvalue weighted by molar-refractivity contribution is 5.09. The van der Waals surface area contributed by atoms with E-state index in [4.69, 9.17) is 10.5 Å². The first-order valence-corrected chi connectivity index (χ1v) is 5.60. The summed E-state index contributed by atoms with van der Waals surface area (Å²) in [7, 11) is 0. The topological polar surface area (TPSA) is 48.1 Å². The average Bonchev–Trinajstić information content (AvgIpc) is 2.29. The van der Waals surface area contributed by atoms with Crippen LogP contribution in [0.25, 0.3) is 0 Å². The fourth-order valence-corrected chi connectivity index (χ4v) is 1.38. The van der Waals surface area contributed by atoms with Crippen LogP contribution in [-0.2, 0) is 11.2 Å². The molecule has 3 heteroatoms. The molecule has 0 radical (unpaired) electrons. The number of ether oxygens (including phenoxy) is 1. The summed E-state index contributed by atoms with van der Waals surface area (Å²) in [6.45, 7) is 2.45. The van der Waals surface area contributed by atoms with Crippen molar-refractivity contribution in [1.82, 2.24) is 4.98 Å². The predicted octanol–water partition coefficient (Wildman–Crippen LogP) is 1.77. The molecule has 1 aromatic heterocycles. The van der Waals surface area contributed by atoms with Crippen molar-refractivity contribution in [3.05, 3.63) is 30.1 Å². The molecule has 0 aliphatic rings. The molecule has 0 saturated heterocycles. The predicted molar refractivity (Wildman–Crippen MR) is 61.7 cm³/mol. The molecule has 0 amide bonds. The summed E-state index contributed by atoms with van der Waals surface area (Å²) in [4.78, 5) is 3.98. The minimum absolute atomic E-state index is 0.764. The van der Waals surface area contributed by atoms with E-state index in [1.807, 2.05) is 12.4 Å². The molecule has 1 rings (SSSR count). The van der Waals surface area contributed by atoms with Crippen molar-refractivity contribution in [3.8, 4) is 0 Å². The minimum Gasteiger partial charge on any atom is -0.381 e. The van der Waals surface area contributed by atoms with Gasteiger partial charge in [0.2, 0.25) is 0 Å². The van der Waals surface area contributed by atoms with Crippen molar-refractivity contribution in [1.29, 1.82) is 0 Å². The van der Waals surface area contributed by atoms with Gasteiger partial charge in [-0.2, -0.15) is 0 Å². The van der Waals surface area contributed by atoms with Crippen LogP contribution in [0.5, 0.6) is 0 Å². The molecular weight excluding hydrogens is 188 g/mol. The van der Waals surface area contributed by atoms with Crippen molar-refractivity contribution in [2.24, 2.45) is 5.73 Å². The Morgan fingerprint density at radius 3 is 2.53 bits per heavy atom. The Bertz CT molecular complexity index is 239. The van der Waals surface area contributed by atoms with Crippen LogP contribution in [0.3, 0.4) is 0 Å². The molecule has 0 aliphatic carbocycles. The first kappa shape index (κ1) is 12.1. The van der Waals surface area contributed by atoms with Crippen LogP contribution in [0.2, 0.25) is 0 Å². The number of hydrogen-bond donors (Lipinski definition) is 1. The molecule has 0 fully saturated rings. The first-order chi connectivity index (χ1) is 7.43. The van der Waals surface area contributed by atoms with Crippen LogP contribution in [-0.4, -0.2) is 24.7 Å². The Labute approximate surface area is 91.7 Å². The molecule has 3 nitrogen and oxygen atoms in total. The third-order valence-corrected chi connectivity index (χ3v) is 2.25. The zero-order valence-electron chi connectivity index (χ0n) is 9.19. The summed E-state index contributed by atoms with van der Waals surface area (Å²) >= 11 is 0. The van der Waals surface area contributed by atoms with Gasteiger partial charge in [0.25, 0.3) is 0 Å². The lowest BCUT2D eigenvalue weighted by atomic mass is 10.1. The van der Waals surface area contributed by atoms with Gasteiger partial charge in [0.15, 0.2) is 0 Å².